The Balaban J connectivity index is 2.37. The summed E-state index contributed by atoms with van der Waals surface area (Å²) >= 11 is 3.44. The highest BCUT2D eigenvalue weighted by Crippen LogP contribution is 2.36. The number of halogens is 1. The Hall–Kier alpha value is -1.96. The molecule has 0 saturated carbocycles. The van der Waals surface area contributed by atoms with Crippen LogP contribution >= 0.6 is 15.9 Å². The molecule has 0 aliphatic heterocycles. The molecular formula is C15H16BrN3O3. The summed E-state index contributed by atoms with van der Waals surface area (Å²) in [4.78, 5) is 10.8. The molecule has 0 fully saturated rings. The first-order valence-corrected chi connectivity index (χ1v) is 7.48. The van der Waals surface area contributed by atoms with Crippen molar-refractivity contribution in [2.75, 3.05) is 18.4 Å². The molecule has 2 aromatic carbocycles. The number of nitro groups is 1. The van der Waals surface area contributed by atoms with E-state index in [0.717, 1.165) is 15.2 Å². The number of benzene rings is 2. The smallest absolute Gasteiger partial charge is 0.292 e. The summed E-state index contributed by atoms with van der Waals surface area (Å²) in [6.07, 6.45) is 2.54. The van der Waals surface area contributed by atoms with Crippen molar-refractivity contribution >= 4 is 38.1 Å². The van der Waals surface area contributed by atoms with E-state index in [4.69, 9.17) is 5.73 Å². The van der Waals surface area contributed by atoms with Crippen molar-refractivity contribution < 1.29 is 10.0 Å². The van der Waals surface area contributed by atoms with E-state index in [-0.39, 0.29) is 12.2 Å². The Morgan fingerprint density at radius 3 is 2.82 bits per heavy atom. The molecule has 22 heavy (non-hydrogen) atoms. The Labute approximate surface area is 135 Å². The summed E-state index contributed by atoms with van der Waals surface area (Å²) < 4.78 is 0.872. The van der Waals surface area contributed by atoms with Gasteiger partial charge in [-0.3, -0.25) is 10.1 Å². The lowest BCUT2D eigenvalue weighted by molar-refractivity contribution is -0.383. The molecule has 0 amide bonds. The molecule has 7 heteroatoms. The van der Waals surface area contributed by atoms with Gasteiger partial charge in [-0.2, -0.15) is 0 Å². The predicted molar refractivity (Wildman–Crippen MR) is 91.0 cm³/mol. The van der Waals surface area contributed by atoms with Crippen LogP contribution in [0.3, 0.4) is 0 Å². The Morgan fingerprint density at radius 1 is 1.36 bits per heavy atom. The van der Waals surface area contributed by atoms with Crippen molar-refractivity contribution in [1.82, 2.24) is 0 Å². The number of nitrogens with one attached hydrogen (secondary N) is 1. The first-order valence-electron chi connectivity index (χ1n) is 6.69. The van der Waals surface area contributed by atoms with Gasteiger partial charge in [-0.25, -0.2) is 0 Å². The zero-order valence-corrected chi connectivity index (χ0v) is 13.3. The zero-order valence-electron chi connectivity index (χ0n) is 11.7. The third-order valence-corrected chi connectivity index (χ3v) is 3.87. The standard InChI is InChI=1S/C15H16BrN3O3/c16-13-5-1-4-12-11(13)6-7-14(19(21)22)15(12)18-8-2-3-10(20)9-17/h1-7,10,18,20H,8-9,17H2/t10-/m1/s1. The van der Waals surface area contributed by atoms with Crippen molar-refractivity contribution in [3.05, 3.63) is 57.1 Å². The summed E-state index contributed by atoms with van der Waals surface area (Å²) in [5.74, 6) is 0. The average Bonchev–Trinajstić information content (AvgIpc) is 2.51. The van der Waals surface area contributed by atoms with Crippen LogP contribution in [-0.4, -0.2) is 29.2 Å². The molecule has 4 N–H and O–H groups in total. The molecule has 0 radical (unpaired) electrons. The number of nitrogens with two attached hydrogens (primary N) is 1. The first-order chi connectivity index (χ1) is 10.5. The quantitative estimate of drug-likeness (QED) is 0.415. The van der Waals surface area contributed by atoms with E-state index in [1.165, 1.54) is 6.07 Å². The van der Waals surface area contributed by atoms with Gasteiger partial charge >= 0.3 is 0 Å². The van der Waals surface area contributed by atoms with Crippen LogP contribution in [0.1, 0.15) is 0 Å². The largest absolute Gasteiger partial charge is 0.388 e. The highest BCUT2D eigenvalue weighted by atomic mass is 79.9. The topological polar surface area (TPSA) is 101 Å². The third-order valence-electron chi connectivity index (χ3n) is 3.18. The van der Waals surface area contributed by atoms with Gasteiger partial charge in [0.05, 0.1) is 11.0 Å². The van der Waals surface area contributed by atoms with Gasteiger partial charge in [0.2, 0.25) is 0 Å². The molecule has 0 bridgehead atoms. The number of nitrogens with zero attached hydrogens (tertiary/aromatic N) is 1. The molecular weight excluding hydrogens is 350 g/mol. The summed E-state index contributed by atoms with van der Waals surface area (Å²) in [7, 11) is 0. The van der Waals surface area contributed by atoms with Crippen molar-refractivity contribution in [2.24, 2.45) is 5.73 Å². The van der Waals surface area contributed by atoms with Crippen LogP contribution < -0.4 is 11.1 Å². The van der Waals surface area contributed by atoms with Crippen molar-refractivity contribution in [3.63, 3.8) is 0 Å². The van der Waals surface area contributed by atoms with Crippen LogP contribution in [0, 0.1) is 10.1 Å². The Morgan fingerprint density at radius 2 is 2.14 bits per heavy atom. The molecule has 0 heterocycles. The van der Waals surface area contributed by atoms with Gasteiger partial charge in [-0.1, -0.05) is 40.2 Å². The maximum Gasteiger partial charge on any atom is 0.292 e. The SMILES string of the molecule is NC[C@H](O)C=CCNc1c([N+](=O)[O-])ccc2c(Br)cccc12. The molecule has 116 valence electrons. The van der Waals surface area contributed by atoms with Crippen molar-refractivity contribution in [1.29, 1.82) is 0 Å². The van der Waals surface area contributed by atoms with Gasteiger partial charge in [-0.15, -0.1) is 0 Å². The van der Waals surface area contributed by atoms with E-state index in [1.54, 1.807) is 18.2 Å². The van der Waals surface area contributed by atoms with Gasteiger partial charge < -0.3 is 16.2 Å². The lowest BCUT2D eigenvalue weighted by Crippen LogP contribution is -2.17. The zero-order chi connectivity index (χ0) is 16.1. The Bertz CT molecular complexity index is 718. The molecule has 0 aromatic heterocycles. The fraction of sp³-hybridized carbons (Fsp3) is 0.200. The summed E-state index contributed by atoms with van der Waals surface area (Å²) in [6, 6.07) is 8.74. The molecule has 0 aliphatic rings. The minimum Gasteiger partial charge on any atom is -0.388 e. The number of hydrogen-bond acceptors (Lipinski definition) is 5. The number of hydrogen-bond donors (Lipinski definition) is 3. The van der Waals surface area contributed by atoms with Crippen LogP contribution in [0.15, 0.2) is 47.0 Å². The van der Waals surface area contributed by atoms with E-state index in [2.05, 4.69) is 21.2 Å². The van der Waals surface area contributed by atoms with Crippen molar-refractivity contribution in [3.8, 4) is 0 Å². The summed E-state index contributed by atoms with van der Waals surface area (Å²) in [5, 5.41) is 25.3. The summed E-state index contributed by atoms with van der Waals surface area (Å²) in [5.41, 5.74) is 5.77. The second-order valence-corrected chi connectivity index (χ2v) is 5.52. The van der Waals surface area contributed by atoms with Gasteiger partial charge in [0.1, 0.15) is 5.69 Å². The lowest BCUT2D eigenvalue weighted by atomic mass is 10.1. The van der Waals surface area contributed by atoms with E-state index >= 15 is 0 Å². The van der Waals surface area contributed by atoms with Gasteiger partial charge in [0.15, 0.2) is 0 Å². The fourth-order valence-electron chi connectivity index (χ4n) is 2.11. The average molecular weight is 366 g/mol. The molecule has 2 aromatic rings. The maximum atomic E-state index is 11.2. The van der Waals surface area contributed by atoms with E-state index in [1.807, 2.05) is 18.2 Å². The van der Waals surface area contributed by atoms with Crippen LogP contribution in [-0.2, 0) is 0 Å². The second kappa shape index (κ2) is 7.35. The molecule has 0 unspecified atom stereocenters. The molecule has 6 nitrogen and oxygen atoms in total. The molecule has 0 spiro atoms. The van der Waals surface area contributed by atoms with E-state index in [9.17, 15) is 15.2 Å². The minimum absolute atomic E-state index is 0.0124. The first kappa shape index (κ1) is 16.4. The highest BCUT2D eigenvalue weighted by molar-refractivity contribution is 9.10. The van der Waals surface area contributed by atoms with Gasteiger partial charge in [0, 0.05) is 29.0 Å². The monoisotopic (exact) mass is 365 g/mol. The fourth-order valence-corrected chi connectivity index (χ4v) is 2.61. The summed E-state index contributed by atoms with van der Waals surface area (Å²) in [6.45, 7) is 0.487. The van der Waals surface area contributed by atoms with Crippen molar-refractivity contribution in [2.45, 2.75) is 6.10 Å². The molecule has 0 aliphatic carbocycles. The van der Waals surface area contributed by atoms with Crippen LogP contribution in [0.2, 0.25) is 0 Å². The van der Waals surface area contributed by atoms with Gasteiger partial charge in [-0.05, 0) is 17.5 Å². The normalized spacial score (nSPS) is 12.7. The molecule has 2 rings (SSSR count). The number of anilines is 1. The lowest BCUT2D eigenvalue weighted by Gasteiger charge is -2.10. The number of nitro benzene ring substituents is 1. The number of aliphatic hydroxyl groups excluding tert-OH is 1. The van der Waals surface area contributed by atoms with Crippen LogP contribution in [0.5, 0.6) is 0 Å². The predicted octanol–water partition coefficient (Wildman–Crippen LogP) is 2.80. The van der Waals surface area contributed by atoms with E-state index in [0.29, 0.717) is 12.2 Å². The Kier molecular flexibility index (Phi) is 5.48. The third kappa shape index (κ3) is 3.62. The van der Waals surface area contributed by atoms with E-state index < -0.39 is 11.0 Å². The minimum atomic E-state index is -0.710. The molecule has 1 atom stereocenters. The number of fused-ring (bicyclic) bond motifs is 1. The second-order valence-electron chi connectivity index (χ2n) is 4.66. The number of rotatable bonds is 6. The molecule has 0 saturated heterocycles. The maximum absolute atomic E-state index is 11.2. The van der Waals surface area contributed by atoms with Gasteiger partial charge in [0.25, 0.3) is 5.69 Å². The highest BCUT2D eigenvalue weighted by Gasteiger charge is 2.17. The van der Waals surface area contributed by atoms with Crippen LogP contribution in [0.25, 0.3) is 10.8 Å². The number of aliphatic hydroxyl groups is 1. The van der Waals surface area contributed by atoms with Crippen LogP contribution in [0.4, 0.5) is 11.4 Å².